The average Bonchev–Trinajstić information content (AvgIpc) is 2.62. The normalized spacial score (nSPS) is 10.7. The molecule has 0 unspecified atom stereocenters. The fraction of sp³-hybridized carbons (Fsp3) is 0.158. The Hall–Kier alpha value is -3.46. The second-order valence-corrected chi connectivity index (χ2v) is 4.98. The minimum atomic E-state index is -0.554. The number of nitrogens with zero attached hydrogens (tertiary/aromatic N) is 1. The van der Waals surface area contributed by atoms with E-state index in [4.69, 9.17) is 9.47 Å². The highest BCUT2D eigenvalue weighted by Gasteiger charge is 2.13. The number of para-hydroxylation sites is 2. The molecular weight excluding hydrogens is 320 g/mol. The van der Waals surface area contributed by atoms with Crippen molar-refractivity contribution >= 4 is 17.7 Å². The summed E-state index contributed by atoms with van der Waals surface area (Å²) in [4.78, 5) is 12.4. The summed E-state index contributed by atoms with van der Waals surface area (Å²) in [7, 11) is 1.42. The Morgan fingerprint density at radius 2 is 2.04 bits per heavy atom. The van der Waals surface area contributed by atoms with Gasteiger partial charge >= 0.3 is 0 Å². The van der Waals surface area contributed by atoms with Crippen molar-refractivity contribution in [3.63, 3.8) is 0 Å². The predicted octanol–water partition coefficient (Wildman–Crippen LogP) is 3.35. The molecule has 0 saturated carbocycles. The summed E-state index contributed by atoms with van der Waals surface area (Å²) in [6.07, 6.45) is 1.42. The third-order valence-electron chi connectivity index (χ3n) is 3.31. The van der Waals surface area contributed by atoms with Gasteiger partial charge in [0.25, 0.3) is 5.91 Å². The summed E-state index contributed by atoms with van der Waals surface area (Å²) in [5.74, 6) is 0.213. The summed E-state index contributed by atoms with van der Waals surface area (Å²) in [5, 5.41) is 21.6. The van der Waals surface area contributed by atoms with Gasteiger partial charge in [-0.15, -0.1) is 0 Å². The molecule has 0 aliphatic heterocycles. The molecule has 0 radical (unpaired) electrons. The van der Waals surface area contributed by atoms with E-state index in [-0.39, 0.29) is 17.1 Å². The number of hydrogen-bond donors (Lipinski definition) is 2. The Morgan fingerprint density at radius 3 is 2.72 bits per heavy atom. The quantitative estimate of drug-likeness (QED) is 0.622. The first-order valence-corrected chi connectivity index (χ1v) is 7.61. The van der Waals surface area contributed by atoms with Crippen LogP contribution in [0.25, 0.3) is 6.08 Å². The topological polar surface area (TPSA) is 91.6 Å². The van der Waals surface area contributed by atoms with Crippen LogP contribution >= 0.6 is 0 Å². The number of phenolic OH excluding ortho intramolecular Hbond substituents is 1. The number of aromatic hydroxyl groups is 1. The van der Waals surface area contributed by atoms with Crippen molar-refractivity contribution < 1.29 is 19.4 Å². The molecule has 0 bridgehead atoms. The van der Waals surface area contributed by atoms with Crippen LogP contribution in [0.3, 0.4) is 0 Å². The first-order chi connectivity index (χ1) is 12.1. The Bertz CT molecular complexity index is 838. The summed E-state index contributed by atoms with van der Waals surface area (Å²) in [6.45, 7) is 2.30. The lowest BCUT2D eigenvalue weighted by atomic mass is 10.1. The van der Waals surface area contributed by atoms with E-state index in [9.17, 15) is 15.2 Å². The molecule has 0 atom stereocenters. The number of amides is 1. The van der Waals surface area contributed by atoms with E-state index in [0.717, 1.165) is 0 Å². The van der Waals surface area contributed by atoms with Crippen molar-refractivity contribution in [3.8, 4) is 23.3 Å². The van der Waals surface area contributed by atoms with Gasteiger partial charge in [0.15, 0.2) is 11.5 Å². The lowest BCUT2D eigenvalue weighted by molar-refractivity contribution is -0.112. The zero-order valence-electron chi connectivity index (χ0n) is 13.9. The Labute approximate surface area is 145 Å². The highest BCUT2D eigenvalue weighted by molar-refractivity contribution is 6.10. The molecule has 0 aliphatic rings. The Morgan fingerprint density at radius 1 is 1.28 bits per heavy atom. The van der Waals surface area contributed by atoms with E-state index in [1.54, 1.807) is 30.3 Å². The Kier molecular flexibility index (Phi) is 6.02. The van der Waals surface area contributed by atoms with Crippen LogP contribution in [0, 0.1) is 11.3 Å². The van der Waals surface area contributed by atoms with Gasteiger partial charge in [-0.05, 0) is 42.8 Å². The highest BCUT2D eigenvalue weighted by atomic mass is 16.5. The lowest BCUT2D eigenvalue weighted by Gasteiger charge is -2.11. The second-order valence-electron chi connectivity index (χ2n) is 4.98. The molecule has 0 spiro atoms. The van der Waals surface area contributed by atoms with E-state index >= 15 is 0 Å². The standard InChI is InChI=1S/C19H18N2O4/c1-3-25-17-7-5-4-6-15(17)21-19(23)14(12-20)10-13-8-9-16(22)18(11-13)24-2/h4-11,22H,3H2,1-2H3,(H,21,23)/b14-10+. The molecule has 0 saturated heterocycles. The summed E-state index contributed by atoms with van der Waals surface area (Å²) in [5.41, 5.74) is 0.956. The lowest BCUT2D eigenvalue weighted by Crippen LogP contribution is -2.14. The van der Waals surface area contributed by atoms with Crippen LogP contribution in [-0.4, -0.2) is 24.7 Å². The minimum Gasteiger partial charge on any atom is -0.504 e. The van der Waals surface area contributed by atoms with E-state index in [0.29, 0.717) is 23.6 Å². The molecule has 128 valence electrons. The van der Waals surface area contributed by atoms with Gasteiger partial charge in [-0.25, -0.2) is 0 Å². The highest BCUT2D eigenvalue weighted by Crippen LogP contribution is 2.28. The van der Waals surface area contributed by atoms with Gasteiger partial charge in [0.1, 0.15) is 17.4 Å². The fourth-order valence-electron chi connectivity index (χ4n) is 2.14. The van der Waals surface area contributed by atoms with E-state index in [2.05, 4.69) is 5.32 Å². The number of ether oxygens (including phenoxy) is 2. The van der Waals surface area contributed by atoms with Crippen molar-refractivity contribution in [2.75, 3.05) is 19.0 Å². The van der Waals surface area contributed by atoms with Gasteiger partial charge in [-0.2, -0.15) is 5.26 Å². The summed E-state index contributed by atoms with van der Waals surface area (Å²) < 4.78 is 10.5. The number of methoxy groups -OCH3 is 1. The maximum absolute atomic E-state index is 12.4. The molecular formula is C19H18N2O4. The number of nitrogens with one attached hydrogen (secondary N) is 1. The number of carbonyl (C=O) groups is 1. The number of carbonyl (C=O) groups excluding carboxylic acids is 1. The van der Waals surface area contributed by atoms with Crippen molar-refractivity contribution in [2.45, 2.75) is 6.92 Å². The smallest absolute Gasteiger partial charge is 0.266 e. The van der Waals surface area contributed by atoms with Crippen molar-refractivity contribution in [3.05, 3.63) is 53.6 Å². The molecule has 6 nitrogen and oxygen atoms in total. The number of nitriles is 1. The van der Waals surface area contributed by atoms with Crippen LogP contribution in [-0.2, 0) is 4.79 Å². The fourth-order valence-corrected chi connectivity index (χ4v) is 2.14. The number of anilines is 1. The van der Waals surface area contributed by atoms with Crippen molar-refractivity contribution in [1.29, 1.82) is 5.26 Å². The second kappa shape index (κ2) is 8.41. The van der Waals surface area contributed by atoms with Crippen LogP contribution in [0.4, 0.5) is 5.69 Å². The third-order valence-corrected chi connectivity index (χ3v) is 3.31. The molecule has 2 aromatic rings. The molecule has 6 heteroatoms. The molecule has 1 amide bonds. The number of benzene rings is 2. The number of rotatable bonds is 6. The monoisotopic (exact) mass is 338 g/mol. The van der Waals surface area contributed by atoms with Gasteiger partial charge < -0.3 is 19.9 Å². The number of hydrogen-bond acceptors (Lipinski definition) is 5. The van der Waals surface area contributed by atoms with Crippen LogP contribution in [0.5, 0.6) is 17.2 Å². The van der Waals surface area contributed by atoms with Crippen LogP contribution in [0.2, 0.25) is 0 Å². The Balaban J connectivity index is 2.26. The van der Waals surface area contributed by atoms with Gasteiger partial charge in [0.2, 0.25) is 0 Å². The molecule has 2 N–H and O–H groups in total. The van der Waals surface area contributed by atoms with Gasteiger partial charge in [0, 0.05) is 0 Å². The molecule has 0 aromatic heterocycles. The van der Waals surface area contributed by atoms with Crippen LogP contribution in [0.15, 0.2) is 48.0 Å². The molecule has 0 heterocycles. The van der Waals surface area contributed by atoms with Crippen molar-refractivity contribution in [2.24, 2.45) is 0 Å². The zero-order chi connectivity index (χ0) is 18.2. The summed E-state index contributed by atoms with van der Waals surface area (Å²) >= 11 is 0. The molecule has 25 heavy (non-hydrogen) atoms. The first-order valence-electron chi connectivity index (χ1n) is 7.61. The SMILES string of the molecule is CCOc1ccccc1NC(=O)/C(C#N)=C/c1ccc(O)c(OC)c1. The van der Waals surface area contributed by atoms with E-state index in [1.165, 1.54) is 25.3 Å². The maximum Gasteiger partial charge on any atom is 0.266 e. The average molecular weight is 338 g/mol. The van der Waals surface area contributed by atoms with Gasteiger partial charge in [0.05, 0.1) is 19.4 Å². The van der Waals surface area contributed by atoms with Crippen molar-refractivity contribution in [1.82, 2.24) is 0 Å². The molecule has 0 aliphatic carbocycles. The largest absolute Gasteiger partial charge is 0.504 e. The predicted molar refractivity (Wildman–Crippen MR) is 94.5 cm³/mol. The van der Waals surface area contributed by atoms with Gasteiger partial charge in [-0.3, -0.25) is 4.79 Å². The summed E-state index contributed by atoms with van der Waals surface area (Å²) in [6, 6.07) is 13.4. The minimum absolute atomic E-state index is 0.0201. The molecule has 2 aromatic carbocycles. The number of phenols is 1. The third kappa shape index (κ3) is 4.52. The van der Waals surface area contributed by atoms with Gasteiger partial charge in [-0.1, -0.05) is 18.2 Å². The van der Waals surface area contributed by atoms with E-state index in [1.807, 2.05) is 13.0 Å². The molecule has 0 fully saturated rings. The molecule has 2 rings (SSSR count). The van der Waals surface area contributed by atoms with E-state index < -0.39 is 5.91 Å². The zero-order valence-corrected chi connectivity index (χ0v) is 13.9. The van der Waals surface area contributed by atoms with Crippen LogP contribution in [0.1, 0.15) is 12.5 Å². The maximum atomic E-state index is 12.4. The van der Waals surface area contributed by atoms with Crippen LogP contribution < -0.4 is 14.8 Å². The first kappa shape index (κ1) is 17.9.